The minimum Gasteiger partial charge on any atom is -0.497 e. The summed E-state index contributed by atoms with van der Waals surface area (Å²) in [5.74, 6) is -0.147. The lowest BCUT2D eigenvalue weighted by Gasteiger charge is -2.15. The summed E-state index contributed by atoms with van der Waals surface area (Å²) in [5.41, 5.74) is 3.89. The molecule has 0 aliphatic heterocycles. The van der Waals surface area contributed by atoms with Gasteiger partial charge in [-0.05, 0) is 48.9 Å². The Labute approximate surface area is 168 Å². The molecule has 0 saturated carbocycles. The monoisotopic (exact) mass is 387 g/mol. The Morgan fingerprint density at radius 1 is 1.03 bits per heavy atom. The molecule has 0 fully saturated rings. The highest BCUT2D eigenvalue weighted by Gasteiger charge is 2.28. The molecule has 4 rings (SSSR count). The molecule has 1 unspecified atom stereocenters. The number of fused-ring (bicyclic) bond motifs is 1. The predicted molar refractivity (Wildman–Crippen MR) is 110 cm³/mol. The van der Waals surface area contributed by atoms with Crippen LogP contribution in [0.15, 0.2) is 72.9 Å². The summed E-state index contributed by atoms with van der Waals surface area (Å²) in [6, 6.07) is 21.0. The van der Waals surface area contributed by atoms with E-state index < -0.39 is 5.92 Å². The van der Waals surface area contributed by atoms with Crippen LogP contribution in [0.5, 0.6) is 5.75 Å². The second-order valence-electron chi connectivity index (χ2n) is 6.50. The van der Waals surface area contributed by atoms with E-state index in [9.17, 15) is 4.79 Å². The van der Waals surface area contributed by atoms with Crippen LogP contribution in [0.4, 0.5) is 0 Å². The Bertz CT molecular complexity index is 1120. The van der Waals surface area contributed by atoms with E-state index in [1.807, 2.05) is 66.7 Å². The van der Waals surface area contributed by atoms with Gasteiger partial charge in [0.15, 0.2) is 5.65 Å². The molecule has 2 aromatic heterocycles. The van der Waals surface area contributed by atoms with Crippen molar-refractivity contribution in [2.75, 3.05) is 13.7 Å². The SMILES string of the molecule is CCOC(=O)C(c1ccccc1)c1cnc2ccc(-c3ccc(OC)cc3)nn12. The molecule has 1 atom stereocenters. The zero-order chi connectivity index (χ0) is 20.2. The van der Waals surface area contributed by atoms with Gasteiger partial charge in [0.05, 0.1) is 31.3 Å². The third-order valence-electron chi connectivity index (χ3n) is 4.73. The zero-order valence-corrected chi connectivity index (χ0v) is 16.3. The first kappa shape index (κ1) is 18.7. The van der Waals surface area contributed by atoms with Crippen LogP contribution in [0.25, 0.3) is 16.9 Å². The Morgan fingerprint density at radius 2 is 1.79 bits per heavy atom. The van der Waals surface area contributed by atoms with Crippen LogP contribution < -0.4 is 4.74 Å². The van der Waals surface area contributed by atoms with Crippen molar-refractivity contribution < 1.29 is 14.3 Å². The molecule has 0 radical (unpaired) electrons. The number of carbonyl (C=O) groups is 1. The van der Waals surface area contributed by atoms with E-state index in [-0.39, 0.29) is 5.97 Å². The van der Waals surface area contributed by atoms with Gasteiger partial charge in [0, 0.05) is 5.56 Å². The highest BCUT2D eigenvalue weighted by molar-refractivity contribution is 5.82. The number of imidazole rings is 1. The number of nitrogens with zero attached hydrogens (tertiary/aromatic N) is 3. The van der Waals surface area contributed by atoms with Gasteiger partial charge >= 0.3 is 5.97 Å². The first-order valence-electron chi connectivity index (χ1n) is 9.42. The molecule has 6 nitrogen and oxygen atoms in total. The Morgan fingerprint density at radius 3 is 2.48 bits per heavy atom. The number of carbonyl (C=O) groups excluding carboxylic acids is 1. The van der Waals surface area contributed by atoms with Gasteiger partial charge in [0.25, 0.3) is 0 Å². The fraction of sp³-hybridized carbons (Fsp3) is 0.174. The number of hydrogen-bond acceptors (Lipinski definition) is 5. The Balaban J connectivity index is 1.82. The van der Waals surface area contributed by atoms with Crippen molar-refractivity contribution in [3.05, 3.63) is 84.2 Å². The van der Waals surface area contributed by atoms with Crippen LogP contribution >= 0.6 is 0 Å². The lowest BCUT2D eigenvalue weighted by Crippen LogP contribution is -2.19. The second-order valence-corrected chi connectivity index (χ2v) is 6.50. The molecule has 0 aliphatic carbocycles. The highest BCUT2D eigenvalue weighted by Crippen LogP contribution is 2.28. The molecular formula is C23H21N3O3. The number of esters is 1. The predicted octanol–water partition coefficient (Wildman–Crippen LogP) is 4.10. The van der Waals surface area contributed by atoms with Gasteiger partial charge in [-0.1, -0.05) is 30.3 Å². The molecule has 0 spiro atoms. The number of benzene rings is 2. The first-order chi connectivity index (χ1) is 14.2. The summed E-state index contributed by atoms with van der Waals surface area (Å²) in [4.78, 5) is 17.2. The molecule has 0 N–H and O–H groups in total. The van der Waals surface area contributed by atoms with E-state index in [4.69, 9.17) is 14.6 Å². The Kier molecular flexibility index (Phi) is 5.24. The van der Waals surface area contributed by atoms with Crippen LogP contribution in [0.1, 0.15) is 24.1 Å². The summed E-state index contributed by atoms with van der Waals surface area (Å²) >= 11 is 0. The highest BCUT2D eigenvalue weighted by atomic mass is 16.5. The van der Waals surface area contributed by atoms with Crippen LogP contribution in [-0.4, -0.2) is 34.3 Å². The molecular weight excluding hydrogens is 366 g/mol. The number of methoxy groups -OCH3 is 1. The second kappa shape index (κ2) is 8.14. The molecule has 0 amide bonds. The van der Waals surface area contributed by atoms with Gasteiger partial charge in [-0.2, -0.15) is 5.10 Å². The molecule has 4 aromatic rings. The number of ether oxygens (including phenoxy) is 2. The first-order valence-corrected chi connectivity index (χ1v) is 9.42. The average molecular weight is 387 g/mol. The van der Waals surface area contributed by atoms with Crippen molar-refractivity contribution in [3.8, 4) is 17.0 Å². The normalized spacial score (nSPS) is 11.9. The third-order valence-corrected chi connectivity index (χ3v) is 4.73. The van der Waals surface area contributed by atoms with Crippen molar-refractivity contribution >= 4 is 11.6 Å². The van der Waals surface area contributed by atoms with Crippen molar-refractivity contribution in [1.82, 2.24) is 14.6 Å². The number of hydrogen-bond donors (Lipinski definition) is 0. The summed E-state index contributed by atoms with van der Waals surface area (Å²) < 4.78 is 12.3. The van der Waals surface area contributed by atoms with Gasteiger partial charge in [0.2, 0.25) is 0 Å². The van der Waals surface area contributed by atoms with Crippen molar-refractivity contribution in [3.63, 3.8) is 0 Å². The standard InChI is InChI=1S/C23H21N3O3/c1-3-29-23(27)22(17-7-5-4-6-8-17)20-15-24-21-14-13-19(25-26(20)21)16-9-11-18(28-2)12-10-16/h4-15,22H,3H2,1-2H3. The molecule has 2 heterocycles. The van der Waals surface area contributed by atoms with E-state index in [1.165, 1.54) is 0 Å². The van der Waals surface area contributed by atoms with Crippen molar-refractivity contribution in [1.29, 1.82) is 0 Å². The summed E-state index contributed by atoms with van der Waals surface area (Å²) in [6.07, 6.45) is 1.69. The minimum absolute atomic E-state index is 0.309. The zero-order valence-electron chi connectivity index (χ0n) is 16.3. The van der Waals surface area contributed by atoms with E-state index >= 15 is 0 Å². The smallest absolute Gasteiger partial charge is 0.319 e. The van der Waals surface area contributed by atoms with Gasteiger partial charge in [-0.15, -0.1) is 0 Å². The van der Waals surface area contributed by atoms with E-state index in [0.717, 1.165) is 22.6 Å². The van der Waals surface area contributed by atoms with Gasteiger partial charge in [-0.3, -0.25) is 4.79 Å². The van der Waals surface area contributed by atoms with Crippen LogP contribution in [0.2, 0.25) is 0 Å². The van der Waals surface area contributed by atoms with Crippen molar-refractivity contribution in [2.24, 2.45) is 0 Å². The molecule has 0 bridgehead atoms. The molecule has 6 heteroatoms. The quantitative estimate of drug-likeness (QED) is 0.466. The maximum Gasteiger partial charge on any atom is 0.319 e. The lowest BCUT2D eigenvalue weighted by molar-refractivity contribution is -0.144. The summed E-state index contributed by atoms with van der Waals surface area (Å²) in [7, 11) is 1.64. The summed E-state index contributed by atoms with van der Waals surface area (Å²) in [6.45, 7) is 2.11. The van der Waals surface area contributed by atoms with Crippen molar-refractivity contribution in [2.45, 2.75) is 12.8 Å². The molecule has 29 heavy (non-hydrogen) atoms. The fourth-order valence-electron chi connectivity index (χ4n) is 3.30. The van der Waals surface area contributed by atoms with Crippen LogP contribution in [0, 0.1) is 0 Å². The van der Waals surface area contributed by atoms with E-state index in [0.29, 0.717) is 17.9 Å². The van der Waals surface area contributed by atoms with Crippen LogP contribution in [-0.2, 0) is 9.53 Å². The van der Waals surface area contributed by atoms with Gasteiger partial charge in [0.1, 0.15) is 11.7 Å². The maximum absolute atomic E-state index is 12.8. The largest absolute Gasteiger partial charge is 0.497 e. The third kappa shape index (κ3) is 3.69. The van der Waals surface area contributed by atoms with Gasteiger partial charge < -0.3 is 9.47 Å². The topological polar surface area (TPSA) is 65.7 Å². The lowest BCUT2D eigenvalue weighted by atomic mass is 9.96. The number of rotatable bonds is 6. The fourth-order valence-corrected chi connectivity index (χ4v) is 3.30. The van der Waals surface area contributed by atoms with Gasteiger partial charge in [-0.25, -0.2) is 9.50 Å². The molecule has 2 aromatic carbocycles. The van der Waals surface area contributed by atoms with E-state index in [1.54, 1.807) is 24.7 Å². The summed E-state index contributed by atoms with van der Waals surface area (Å²) in [5, 5.41) is 4.76. The maximum atomic E-state index is 12.8. The molecule has 0 saturated heterocycles. The van der Waals surface area contributed by atoms with Crippen LogP contribution in [0.3, 0.4) is 0 Å². The Hall–Kier alpha value is -3.67. The average Bonchev–Trinajstić information content (AvgIpc) is 3.18. The minimum atomic E-state index is -0.607. The van der Waals surface area contributed by atoms with E-state index in [2.05, 4.69) is 4.98 Å². The molecule has 146 valence electrons. The number of aromatic nitrogens is 3. The molecule has 0 aliphatic rings.